The third-order valence-corrected chi connectivity index (χ3v) is 2.96. The third-order valence-electron chi connectivity index (χ3n) is 2.96. The minimum atomic E-state index is -0.927. The van der Waals surface area contributed by atoms with Gasteiger partial charge in [0.25, 0.3) is 0 Å². The van der Waals surface area contributed by atoms with Crippen molar-refractivity contribution in [3.63, 3.8) is 0 Å². The molecule has 1 heterocycles. The number of unbranched alkanes of at least 4 members (excludes halogenated alkanes) is 1. The predicted octanol–water partition coefficient (Wildman–Crippen LogP) is 3.13. The number of nitrogens with zero attached hydrogens (tertiary/aromatic N) is 4. The van der Waals surface area contributed by atoms with Crippen LogP contribution in [0.4, 0.5) is 26.2 Å². The fraction of sp³-hybridized carbons (Fsp3) is 0.357. The quantitative estimate of drug-likeness (QED) is 0.886. The number of aromatic nitrogens is 3. The van der Waals surface area contributed by atoms with Crippen molar-refractivity contribution in [2.75, 3.05) is 23.8 Å². The molecule has 0 saturated heterocycles. The highest BCUT2D eigenvalue weighted by atomic mass is 19.2. The van der Waals surface area contributed by atoms with Crippen molar-refractivity contribution < 1.29 is 8.78 Å². The van der Waals surface area contributed by atoms with Crippen LogP contribution in [0, 0.1) is 11.6 Å². The largest absolute Gasteiger partial charge is 0.358 e. The Morgan fingerprint density at radius 1 is 1.24 bits per heavy atom. The van der Waals surface area contributed by atoms with Gasteiger partial charge in [-0.2, -0.15) is 10.1 Å². The van der Waals surface area contributed by atoms with Crippen LogP contribution in [0.25, 0.3) is 0 Å². The van der Waals surface area contributed by atoms with Crippen LogP contribution < -0.4 is 10.2 Å². The molecule has 5 nitrogen and oxygen atoms in total. The van der Waals surface area contributed by atoms with Crippen LogP contribution >= 0.6 is 0 Å². The Labute approximate surface area is 122 Å². The summed E-state index contributed by atoms with van der Waals surface area (Å²) in [6, 6.07) is 3.50. The predicted molar refractivity (Wildman–Crippen MR) is 77.6 cm³/mol. The molecule has 1 aromatic carbocycles. The topological polar surface area (TPSA) is 53.9 Å². The van der Waals surface area contributed by atoms with Crippen LogP contribution in [-0.4, -0.2) is 28.8 Å². The van der Waals surface area contributed by atoms with Crippen LogP contribution in [0.5, 0.6) is 0 Å². The summed E-state index contributed by atoms with van der Waals surface area (Å²) in [6.07, 6.45) is 3.70. The van der Waals surface area contributed by atoms with Gasteiger partial charge in [0, 0.05) is 25.3 Å². The Bertz CT molecular complexity index is 606. The van der Waals surface area contributed by atoms with Crippen molar-refractivity contribution in [2.24, 2.45) is 0 Å². The zero-order valence-electron chi connectivity index (χ0n) is 12.0. The number of anilines is 3. The molecule has 112 valence electrons. The van der Waals surface area contributed by atoms with Gasteiger partial charge in [0.2, 0.25) is 5.95 Å². The smallest absolute Gasteiger partial charge is 0.249 e. The highest BCUT2D eigenvalue weighted by Crippen LogP contribution is 2.17. The van der Waals surface area contributed by atoms with E-state index in [9.17, 15) is 8.78 Å². The molecule has 0 spiro atoms. The fourth-order valence-electron chi connectivity index (χ4n) is 1.74. The van der Waals surface area contributed by atoms with E-state index in [1.165, 1.54) is 6.07 Å². The molecule has 0 aliphatic rings. The molecule has 21 heavy (non-hydrogen) atoms. The van der Waals surface area contributed by atoms with Gasteiger partial charge in [0.1, 0.15) is 0 Å². The lowest BCUT2D eigenvalue weighted by molar-refractivity contribution is 0.509. The first kappa shape index (κ1) is 15.1. The molecule has 0 atom stereocenters. The molecule has 0 saturated carbocycles. The van der Waals surface area contributed by atoms with Gasteiger partial charge in [-0.3, -0.25) is 0 Å². The van der Waals surface area contributed by atoms with Crippen molar-refractivity contribution in [1.29, 1.82) is 0 Å². The van der Waals surface area contributed by atoms with Crippen LogP contribution in [0.3, 0.4) is 0 Å². The van der Waals surface area contributed by atoms with E-state index in [4.69, 9.17) is 0 Å². The number of rotatable bonds is 6. The summed E-state index contributed by atoms with van der Waals surface area (Å²) in [5.41, 5.74) is 0.365. The Morgan fingerprint density at radius 3 is 2.76 bits per heavy atom. The summed E-state index contributed by atoms with van der Waals surface area (Å²) in [4.78, 5) is 6.26. The lowest BCUT2D eigenvalue weighted by Crippen LogP contribution is -2.20. The zero-order valence-corrected chi connectivity index (χ0v) is 12.0. The average molecular weight is 293 g/mol. The Balaban J connectivity index is 2.11. The first-order valence-electron chi connectivity index (χ1n) is 6.73. The van der Waals surface area contributed by atoms with Gasteiger partial charge < -0.3 is 10.2 Å². The maximum Gasteiger partial charge on any atom is 0.249 e. The maximum absolute atomic E-state index is 13.1. The SMILES string of the molecule is CCCCN(C)c1cnnc(Nc2ccc(F)c(F)c2)n1. The maximum atomic E-state index is 13.1. The molecule has 0 bridgehead atoms. The van der Waals surface area contributed by atoms with Crippen molar-refractivity contribution >= 4 is 17.5 Å². The van der Waals surface area contributed by atoms with Crippen LogP contribution in [0.1, 0.15) is 19.8 Å². The first-order chi connectivity index (χ1) is 10.1. The molecule has 0 radical (unpaired) electrons. The molecular formula is C14H17F2N5. The summed E-state index contributed by atoms with van der Waals surface area (Å²) in [5.74, 6) is -0.915. The second kappa shape index (κ2) is 6.92. The lowest BCUT2D eigenvalue weighted by atomic mass is 10.3. The van der Waals surface area contributed by atoms with Crippen molar-refractivity contribution in [1.82, 2.24) is 15.2 Å². The highest BCUT2D eigenvalue weighted by molar-refractivity contribution is 5.54. The van der Waals surface area contributed by atoms with Crippen LogP contribution in [0.15, 0.2) is 24.4 Å². The lowest BCUT2D eigenvalue weighted by Gasteiger charge is -2.17. The van der Waals surface area contributed by atoms with Crippen LogP contribution in [-0.2, 0) is 0 Å². The summed E-state index contributed by atoms with van der Waals surface area (Å²) in [7, 11) is 1.92. The molecule has 0 amide bonds. The molecular weight excluding hydrogens is 276 g/mol. The van der Waals surface area contributed by atoms with E-state index >= 15 is 0 Å². The van der Waals surface area contributed by atoms with E-state index in [0.29, 0.717) is 11.5 Å². The van der Waals surface area contributed by atoms with E-state index in [0.717, 1.165) is 31.5 Å². The van der Waals surface area contributed by atoms with E-state index < -0.39 is 11.6 Å². The Hall–Kier alpha value is -2.31. The van der Waals surface area contributed by atoms with Crippen molar-refractivity contribution in [3.05, 3.63) is 36.0 Å². The van der Waals surface area contributed by atoms with Gasteiger partial charge >= 0.3 is 0 Å². The van der Waals surface area contributed by atoms with Gasteiger partial charge in [-0.15, -0.1) is 5.10 Å². The number of benzene rings is 1. The van der Waals surface area contributed by atoms with E-state index in [1.54, 1.807) is 6.20 Å². The second-order valence-electron chi connectivity index (χ2n) is 4.67. The summed E-state index contributed by atoms with van der Waals surface area (Å²) in [5, 5.41) is 10.5. The zero-order chi connectivity index (χ0) is 15.2. The molecule has 1 aromatic heterocycles. The summed E-state index contributed by atoms with van der Waals surface area (Å²) < 4.78 is 26.0. The molecule has 1 N–H and O–H groups in total. The molecule has 2 rings (SSSR count). The molecule has 0 fully saturated rings. The molecule has 0 unspecified atom stereocenters. The normalized spacial score (nSPS) is 10.5. The van der Waals surface area contributed by atoms with E-state index in [1.807, 2.05) is 11.9 Å². The van der Waals surface area contributed by atoms with Gasteiger partial charge in [0.05, 0.1) is 6.20 Å². The summed E-state index contributed by atoms with van der Waals surface area (Å²) >= 11 is 0. The number of hydrogen-bond acceptors (Lipinski definition) is 5. The Morgan fingerprint density at radius 2 is 2.05 bits per heavy atom. The summed E-state index contributed by atoms with van der Waals surface area (Å²) in [6.45, 7) is 2.97. The Kier molecular flexibility index (Phi) is 4.97. The van der Waals surface area contributed by atoms with E-state index in [2.05, 4.69) is 27.4 Å². The van der Waals surface area contributed by atoms with Crippen molar-refractivity contribution in [2.45, 2.75) is 19.8 Å². The van der Waals surface area contributed by atoms with Gasteiger partial charge in [-0.1, -0.05) is 13.3 Å². The first-order valence-corrected chi connectivity index (χ1v) is 6.73. The highest BCUT2D eigenvalue weighted by Gasteiger charge is 2.07. The van der Waals surface area contributed by atoms with E-state index in [-0.39, 0.29) is 5.95 Å². The minimum absolute atomic E-state index is 0.238. The van der Waals surface area contributed by atoms with Gasteiger partial charge in [-0.05, 0) is 18.6 Å². The molecule has 0 aliphatic carbocycles. The third kappa shape index (κ3) is 4.08. The molecule has 0 aliphatic heterocycles. The average Bonchev–Trinajstić information content (AvgIpc) is 2.49. The second-order valence-corrected chi connectivity index (χ2v) is 4.67. The standard InChI is InChI=1S/C14H17F2N5/c1-3-4-7-21(2)13-9-17-20-14(19-13)18-10-5-6-11(15)12(16)8-10/h5-6,8-9H,3-4,7H2,1-2H3,(H,18,19,20). The van der Waals surface area contributed by atoms with Crippen molar-refractivity contribution in [3.8, 4) is 0 Å². The number of halogens is 2. The van der Waals surface area contributed by atoms with Gasteiger partial charge in [-0.25, -0.2) is 8.78 Å². The fourth-order valence-corrected chi connectivity index (χ4v) is 1.74. The van der Waals surface area contributed by atoms with Crippen LogP contribution in [0.2, 0.25) is 0 Å². The number of hydrogen-bond donors (Lipinski definition) is 1. The molecule has 2 aromatic rings. The number of nitrogens with one attached hydrogen (secondary N) is 1. The monoisotopic (exact) mass is 293 g/mol. The minimum Gasteiger partial charge on any atom is -0.358 e. The van der Waals surface area contributed by atoms with Gasteiger partial charge in [0.15, 0.2) is 17.5 Å². The molecule has 7 heteroatoms.